The van der Waals surface area contributed by atoms with E-state index in [9.17, 15) is 0 Å². The molecule has 0 aromatic heterocycles. The Morgan fingerprint density at radius 2 is 1.81 bits per heavy atom. The minimum Gasteiger partial charge on any atom is -0.491 e. The fourth-order valence-corrected chi connectivity index (χ4v) is 2.23. The number of anilines is 1. The van der Waals surface area contributed by atoms with Gasteiger partial charge < -0.3 is 14.8 Å². The van der Waals surface area contributed by atoms with Crippen molar-refractivity contribution in [3.8, 4) is 5.75 Å². The molecule has 2 rings (SSSR count). The van der Waals surface area contributed by atoms with Crippen LogP contribution in [0.25, 0.3) is 0 Å². The summed E-state index contributed by atoms with van der Waals surface area (Å²) < 4.78 is 10.6. The van der Waals surface area contributed by atoms with Gasteiger partial charge in [-0.1, -0.05) is 43.3 Å². The zero-order chi connectivity index (χ0) is 14.9. The third-order valence-electron chi connectivity index (χ3n) is 3.34. The van der Waals surface area contributed by atoms with E-state index in [0.717, 1.165) is 17.9 Å². The largest absolute Gasteiger partial charge is 0.491 e. The van der Waals surface area contributed by atoms with E-state index in [1.165, 1.54) is 5.56 Å². The number of nitrogens with one attached hydrogen (secondary N) is 1. The normalized spacial score (nSPS) is 11.9. The van der Waals surface area contributed by atoms with Gasteiger partial charge in [0.25, 0.3) is 0 Å². The molecule has 2 aromatic carbocycles. The highest BCUT2D eigenvalue weighted by atomic mass is 16.5. The Morgan fingerprint density at radius 3 is 2.52 bits per heavy atom. The molecule has 3 nitrogen and oxygen atoms in total. The highest BCUT2D eigenvalue weighted by Gasteiger charge is 2.08. The topological polar surface area (TPSA) is 30.5 Å². The van der Waals surface area contributed by atoms with E-state index >= 15 is 0 Å². The Balaban J connectivity index is 2.02. The van der Waals surface area contributed by atoms with E-state index in [1.807, 2.05) is 24.3 Å². The molecule has 112 valence electrons. The minimum absolute atomic E-state index is 0.306. The van der Waals surface area contributed by atoms with Crippen LogP contribution < -0.4 is 10.1 Å². The molecular formula is C18H23NO2. The second-order valence-electron chi connectivity index (χ2n) is 4.88. The zero-order valence-electron chi connectivity index (χ0n) is 12.7. The van der Waals surface area contributed by atoms with Crippen LogP contribution in [0.3, 0.4) is 0 Å². The van der Waals surface area contributed by atoms with Gasteiger partial charge in [-0.05, 0) is 24.1 Å². The molecule has 21 heavy (non-hydrogen) atoms. The van der Waals surface area contributed by atoms with Crippen LogP contribution >= 0.6 is 0 Å². The van der Waals surface area contributed by atoms with Crippen LogP contribution in [0.1, 0.15) is 24.9 Å². The first-order valence-electron chi connectivity index (χ1n) is 7.36. The summed E-state index contributed by atoms with van der Waals surface area (Å²) in [6.45, 7) is 3.35. The lowest BCUT2D eigenvalue weighted by Crippen LogP contribution is -2.10. The molecule has 0 radical (unpaired) electrons. The van der Waals surface area contributed by atoms with Crippen molar-refractivity contribution in [3.63, 3.8) is 0 Å². The van der Waals surface area contributed by atoms with Crippen molar-refractivity contribution in [3.05, 3.63) is 60.2 Å². The summed E-state index contributed by atoms with van der Waals surface area (Å²) in [4.78, 5) is 0. The van der Waals surface area contributed by atoms with Gasteiger partial charge in [-0.3, -0.25) is 0 Å². The van der Waals surface area contributed by atoms with Gasteiger partial charge in [0.1, 0.15) is 12.4 Å². The van der Waals surface area contributed by atoms with E-state index in [4.69, 9.17) is 9.47 Å². The third kappa shape index (κ3) is 4.80. The Labute approximate surface area is 126 Å². The monoisotopic (exact) mass is 285 g/mol. The summed E-state index contributed by atoms with van der Waals surface area (Å²) in [6, 6.07) is 18.9. The molecule has 1 unspecified atom stereocenters. The van der Waals surface area contributed by atoms with Gasteiger partial charge in [0.05, 0.1) is 12.6 Å². The fraction of sp³-hybridized carbons (Fsp3) is 0.333. The van der Waals surface area contributed by atoms with Crippen LogP contribution in [0.15, 0.2) is 54.6 Å². The van der Waals surface area contributed by atoms with E-state index in [2.05, 4.69) is 42.6 Å². The van der Waals surface area contributed by atoms with Gasteiger partial charge in [0, 0.05) is 18.9 Å². The minimum atomic E-state index is 0.306. The second kappa shape index (κ2) is 8.32. The first-order chi connectivity index (χ1) is 10.3. The lowest BCUT2D eigenvalue weighted by Gasteiger charge is -2.19. The maximum Gasteiger partial charge on any atom is 0.121 e. The number of methoxy groups -OCH3 is 1. The highest BCUT2D eigenvalue weighted by Crippen LogP contribution is 2.24. The lowest BCUT2D eigenvalue weighted by atomic mass is 10.0. The molecule has 1 N–H and O–H groups in total. The summed E-state index contributed by atoms with van der Waals surface area (Å²) in [5.41, 5.74) is 2.37. The van der Waals surface area contributed by atoms with E-state index < -0.39 is 0 Å². The van der Waals surface area contributed by atoms with Crippen molar-refractivity contribution in [2.45, 2.75) is 19.4 Å². The average Bonchev–Trinajstić information content (AvgIpc) is 2.54. The van der Waals surface area contributed by atoms with Gasteiger partial charge in [-0.25, -0.2) is 0 Å². The van der Waals surface area contributed by atoms with Crippen molar-refractivity contribution >= 4 is 5.69 Å². The van der Waals surface area contributed by atoms with Crippen LogP contribution in [0, 0.1) is 0 Å². The maximum absolute atomic E-state index is 5.64. The van der Waals surface area contributed by atoms with Crippen molar-refractivity contribution in [2.75, 3.05) is 25.6 Å². The number of hydrogen-bond acceptors (Lipinski definition) is 3. The molecule has 0 saturated heterocycles. The average molecular weight is 285 g/mol. The molecule has 3 heteroatoms. The quantitative estimate of drug-likeness (QED) is 0.734. The molecule has 0 spiro atoms. The molecule has 0 heterocycles. The number of ether oxygens (including phenoxy) is 2. The summed E-state index contributed by atoms with van der Waals surface area (Å²) in [7, 11) is 1.67. The molecule has 0 aliphatic carbocycles. The Kier molecular flexibility index (Phi) is 6.10. The molecular weight excluding hydrogens is 262 g/mol. The number of hydrogen-bond donors (Lipinski definition) is 1. The molecule has 2 aromatic rings. The van der Waals surface area contributed by atoms with Crippen LogP contribution in [0.4, 0.5) is 5.69 Å². The maximum atomic E-state index is 5.64. The van der Waals surface area contributed by atoms with Gasteiger partial charge in [-0.2, -0.15) is 0 Å². The molecule has 0 bridgehead atoms. The van der Waals surface area contributed by atoms with Gasteiger partial charge in [0.15, 0.2) is 0 Å². The predicted molar refractivity (Wildman–Crippen MR) is 86.9 cm³/mol. The summed E-state index contributed by atoms with van der Waals surface area (Å²) in [5, 5.41) is 3.56. The highest BCUT2D eigenvalue weighted by molar-refractivity contribution is 5.50. The van der Waals surface area contributed by atoms with Crippen molar-refractivity contribution in [2.24, 2.45) is 0 Å². The summed E-state index contributed by atoms with van der Waals surface area (Å²) >= 11 is 0. The fourth-order valence-electron chi connectivity index (χ4n) is 2.23. The number of rotatable bonds is 8. The van der Waals surface area contributed by atoms with Gasteiger partial charge in [0.2, 0.25) is 0 Å². The second-order valence-corrected chi connectivity index (χ2v) is 4.88. The molecule has 0 amide bonds. The Bertz CT molecular complexity index is 528. The van der Waals surface area contributed by atoms with Crippen molar-refractivity contribution in [1.82, 2.24) is 0 Å². The van der Waals surface area contributed by atoms with Crippen molar-refractivity contribution < 1.29 is 9.47 Å². The van der Waals surface area contributed by atoms with Crippen LogP contribution in [-0.2, 0) is 4.74 Å². The first kappa shape index (κ1) is 15.4. The zero-order valence-corrected chi connectivity index (χ0v) is 12.7. The van der Waals surface area contributed by atoms with Crippen molar-refractivity contribution in [1.29, 1.82) is 0 Å². The standard InChI is InChI=1S/C18H23NO2/c1-3-18(15-8-5-4-6-9-15)19-16-10-7-11-17(14-16)21-13-12-20-2/h4-11,14,18-19H,3,12-13H2,1-2H3. The van der Waals surface area contributed by atoms with Crippen LogP contribution in [0.5, 0.6) is 5.75 Å². The molecule has 0 fully saturated rings. The smallest absolute Gasteiger partial charge is 0.121 e. The van der Waals surface area contributed by atoms with E-state index in [0.29, 0.717) is 19.3 Å². The van der Waals surface area contributed by atoms with Crippen LogP contribution in [-0.4, -0.2) is 20.3 Å². The number of benzene rings is 2. The van der Waals surface area contributed by atoms with Gasteiger partial charge in [-0.15, -0.1) is 0 Å². The Hall–Kier alpha value is -2.00. The Morgan fingerprint density at radius 1 is 1.00 bits per heavy atom. The lowest BCUT2D eigenvalue weighted by molar-refractivity contribution is 0.146. The summed E-state index contributed by atoms with van der Waals surface area (Å²) in [6.07, 6.45) is 1.03. The van der Waals surface area contributed by atoms with E-state index in [-0.39, 0.29) is 0 Å². The molecule has 0 aliphatic heterocycles. The summed E-state index contributed by atoms with van der Waals surface area (Å²) in [5.74, 6) is 0.861. The predicted octanol–water partition coefficient (Wildman–Crippen LogP) is 4.28. The van der Waals surface area contributed by atoms with E-state index in [1.54, 1.807) is 7.11 Å². The van der Waals surface area contributed by atoms with Gasteiger partial charge >= 0.3 is 0 Å². The molecule has 0 saturated carbocycles. The SMILES string of the molecule is CCC(Nc1cccc(OCCOC)c1)c1ccccc1. The van der Waals surface area contributed by atoms with Crippen LogP contribution in [0.2, 0.25) is 0 Å². The molecule has 0 aliphatic rings. The third-order valence-corrected chi connectivity index (χ3v) is 3.34. The first-order valence-corrected chi connectivity index (χ1v) is 7.36. The molecule has 1 atom stereocenters.